The predicted octanol–water partition coefficient (Wildman–Crippen LogP) is 17.8. The van der Waals surface area contributed by atoms with Crippen LogP contribution >= 0.6 is 206 Å². The fourth-order valence-electron chi connectivity index (χ4n) is 6.29. The summed E-state index contributed by atoms with van der Waals surface area (Å²) in [7, 11) is 44.4. The highest BCUT2D eigenvalue weighted by molar-refractivity contribution is 8.73. The van der Waals surface area contributed by atoms with Crippen LogP contribution < -0.4 is 0 Å². The third kappa shape index (κ3) is 19.6. The highest BCUT2D eigenvalue weighted by Crippen LogP contribution is 2.86. The largest absolute Gasteiger partial charge is 0.110 e. The Morgan fingerprint density at radius 3 is 1.30 bits per heavy atom. The fourth-order valence-corrected chi connectivity index (χ4v) is 60.5. The van der Waals surface area contributed by atoms with E-state index in [0.29, 0.717) is 22.8 Å². The highest BCUT2D eigenvalue weighted by Gasteiger charge is 2.37. The molecule has 1 saturated carbocycles. The van der Waals surface area contributed by atoms with Crippen LogP contribution in [0, 0.1) is 5.92 Å². The van der Waals surface area contributed by atoms with Gasteiger partial charge >= 0.3 is 0 Å². The van der Waals surface area contributed by atoms with E-state index in [9.17, 15) is 0 Å². The molecule has 3 saturated heterocycles. The predicted molar refractivity (Wildman–Crippen MR) is 308 cm³/mol. The van der Waals surface area contributed by atoms with Crippen molar-refractivity contribution in [1.82, 2.24) is 0 Å². The van der Waals surface area contributed by atoms with E-state index in [-0.39, 0.29) is 43.2 Å². The second-order valence-electron chi connectivity index (χ2n) is 12.1. The van der Waals surface area contributed by atoms with Crippen molar-refractivity contribution in [3.63, 3.8) is 0 Å². The Labute approximate surface area is 333 Å². The molecule has 0 radical (unpaired) electrons. The summed E-state index contributed by atoms with van der Waals surface area (Å²) >= 11 is 0. The van der Waals surface area contributed by atoms with Crippen LogP contribution in [0.2, 0.25) is 0 Å². The molecule has 0 aromatic rings. The van der Waals surface area contributed by atoms with Gasteiger partial charge in [0.2, 0.25) is 0 Å². The molecule has 0 aromatic heterocycles. The van der Waals surface area contributed by atoms with Crippen molar-refractivity contribution in [1.29, 1.82) is 0 Å². The third-order valence-electron chi connectivity index (χ3n) is 9.48. The van der Waals surface area contributed by atoms with Gasteiger partial charge in [-0.25, -0.2) is 0 Å². The van der Waals surface area contributed by atoms with Crippen LogP contribution in [-0.4, -0.2) is 58.1 Å². The van der Waals surface area contributed by atoms with Crippen LogP contribution in [0.3, 0.4) is 0 Å². The van der Waals surface area contributed by atoms with Gasteiger partial charge in [-0.05, 0) is 110 Å². The van der Waals surface area contributed by atoms with Crippen molar-refractivity contribution < 1.29 is 0 Å². The van der Waals surface area contributed by atoms with E-state index in [4.69, 9.17) is 0 Å². The van der Waals surface area contributed by atoms with E-state index in [2.05, 4.69) is 144 Å². The molecule has 4 rings (SSSR count). The van der Waals surface area contributed by atoms with Gasteiger partial charge in [0.25, 0.3) is 0 Å². The topological polar surface area (TPSA) is 0 Å². The Bertz CT molecular complexity index is 775. The number of rotatable bonds is 9. The Morgan fingerprint density at radius 2 is 0.957 bits per heavy atom. The van der Waals surface area contributed by atoms with Gasteiger partial charge < -0.3 is 0 Å². The molecule has 0 bridgehead atoms. The third-order valence-corrected chi connectivity index (χ3v) is 71.8. The molecular formula is C21H67P25. The maximum atomic E-state index is 3.10. The van der Waals surface area contributed by atoms with Crippen LogP contribution in [0.4, 0.5) is 0 Å². The number of hydrogen-bond donors (Lipinski definition) is 0. The first-order valence-corrected chi connectivity index (χ1v) is 57.1. The van der Waals surface area contributed by atoms with E-state index in [0.717, 1.165) is 69.4 Å². The normalized spacial score (nSPS) is 37.9. The van der Waals surface area contributed by atoms with E-state index in [1.54, 1.807) is 6.16 Å². The van der Waals surface area contributed by atoms with Crippen LogP contribution in [0.5, 0.6) is 0 Å². The minimum atomic E-state index is 0.149. The fraction of sp³-hybridized carbons (Fsp3) is 1.00. The Balaban J connectivity index is 0.000000307. The average Bonchev–Trinajstić information content (AvgIpc) is 3.80. The summed E-state index contributed by atoms with van der Waals surface area (Å²) in [6.07, 6.45) is 13.5. The molecule has 3 heterocycles. The molecule has 46 heavy (non-hydrogen) atoms. The zero-order chi connectivity index (χ0) is 35.3. The van der Waals surface area contributed by atoms with Crippen molar-refractivity contribution in [3.8, 4) is 0 Å². The first kappa shape index (κ1) is 54.8. The molecular weight excluding hydrogens is 1030 g/mol. The van der Waals surface area contributed by atoms with Gasteiger partial charge in [-0.3, -0.25) is 0 Å². The lowest BCUT2D eigenvalue weighted by Gasteiger charge is -2.27. The van der Waals surface area contributed by atoms with Crippen LogP contribution in [-0.2, 0) is 0 Å². The van der Waals surface area contributed by atoms with Crippen molar-refractivity contribution in [2.75, 3.05) is 18.5 Å². The Morgan fingerprint density at radius 1 is 0.500 bits per heavy atom. The van der Waals surface area contributed by atoms with E-state index >= 15 is 0 Å². The molecule has 0 N–H and O–H groups in total. The second kappa shape index (κ2) is 30.7. The van der Waals surface area contributed by atoms with Crippen molar-refractivity contribution in [2.24, 2.45) is 5.92 Å². The van der Waals surface area contributed by atoms with Crippen molar-refractivity contribution >= 4 is 206 Å². The summed E-state index contributed by atoms with van der Waals surface area (Å²) in [5.41, 5.74) is 7.21. The van der Waals surface area contributed by atoms with Gasteiger partial charge in [0.15, 0.2) is 0 Å². The Kier molecular flexibility index (Phi) is 36.6. The lowest BCUT2D eigenvalue weighted by atomic mass is 10.1. The molecule has 26 unspecified atom stereocenters. The van der Waals surface area contributed by atoms with Crippen molar-refractivity contribution in [2.45, 2.75) is 106 Å². The van der Waals surface area contributed by atoms with Gasteiger partial charge in [0, 0.05) is 0 Å². The minimum Gasteiger partial charge on any atom is -0.110 e. The summed E-state index contributed by atoms with van der Waals surface area (Å²) in [5.74, 6) is 0.997. The van der Waals surface area contributed by atoms with E-state index in [1.807, 2.05) is 0 Å². The van der Waals surface area contributed by atoms with Crippen LogP contribution in [0.15, 0.2) is 0 Å². The molecule has 0 nitrogen and oxygen atoms in total. The average molecular weight is 1090 g/mol. The van der Waals surface area contributed by atoms with Gasteiger partial charge in [-0.1, -0.05) is 110 Å². The number of hydrogen-bond acceptors (Lipinski definition) is 0. The van der Waals surface area contributed by atoms with E-state index in [1.165, 1.54) is 50.8 Å². The molecule has 4 aliphatic rings. The molecule has 276 valence electrons. The highest BCUT2D eigenvalue weighted by atomic mass is 32.7. The van der Waals surface area contributed by atoms with Gasteiger partial charge in [-0.2, -0.15) is 0 Å². The standard InChI is InChI=1S/C6H16P4.3C5H17P7/c1-5-3-4-9(6(5)2)10(7)8;1-4-5(11(6)7)2-3-10(4)12(8)9;1-4-5(12(8)10-7)2-3-11(4)9-6;6-10-12(9)5-3-1-2-4(5)11(7)8/h5-6H,3-4,7-8H2,1-2H3;4-5H,2-3,6-9H2,1H3;4-5,9-10H,2-3,6-8H2,1H3;4-5,10H,1-3,6-9H2/t5?,6-,9+;4-,5?,10?;;/m00../s1. The smallest absolute Gasteiger partial charge is 0.00623 e. The molecule has 3 aliphatic heterocycles. The lowest BCUT2D eigenvalue weighted by Crippen LogP contribution is -2.09. The van der Waals surface area contributed by atoms with Crippen LogP contribution in [0.25, 0.3) is 0 Å². The summed E-state index contributed by atoms with van der Waals surface area (Å²) in [5, 5.41) is 0. The zero-order valence-electron chi connectivity index (χ0n) is 28.0. The van der Waals surface area contributed by atoms with Gasteiger partial charge in [-0.15, -0.1) is 116 Å². The van der Waals surface area contributed by atoms with Crippen molar-refractivity contribution in [3.05, 3.63) is 0 Å². The first-order chi connectivity index (χ1) is 21.5. The molecule has 0 amide bonds. The molecule has 0 aromatic carbocycles. The molecule has 25 heteroatoms. The van der Waals surface area contributed by atoms with Gasteiger partial charge in [0.05, 0.1) is 0 Å². The lowest BCUT2D eigenvalue weighted by molar-refractivity contribution is 0.589. The monoisotopic (exact) mass is 1090 g/mol. The van der Waals surface area contributed by atoms with E-state index < -0.39 is 0 Å². The SMILES string of the molecule is CC1C(P(P)PP)CCP1PP.CC1CC[P@@](P(P)P)[C@H]1C.C[C@H]1C(P(P)P)CCP1P(P)P.PPP(P)C1CCCC1P(P)P. The molecule has 0 spiro atoms. The van der Waals surface area contributed by atoms with Gasteiger partial charge in [0.1, 0.15) is 0 Å². The maximum Gasteiger partial charge on any atom is -0.00623 e. The molecule has 29 atom stereocenters. The minimum absolute atomic E-state index is 0.149. The first-order valence-electron chi connectivity index (χ1n) is 15.5. The molecule has 4 fully saturated rings. The quantitative estimate of drug-likeness (QED) is 0.202. The summed E-state index contributed by atoms with van der Waals surface area (Å²) in [6, 6.07) is 0. The maximum absolute atomic E-state index is 3.10. The zero-order valence-corrected chi connectivity index (χ0v) is 54.1. The summed E-state index contributed by atoms with van der Waals surface area (Å²) in [4.78, 5) is 0. The summed E-state index contributed by atoms with van der Waals surface area (Å²) < 4.78 is 0. The Hall–Kier alpha value is 10.7. The molecule has 1 aliphatic carbocycles. The second-order valence-corrected chi connectivity index (χ2v) is 79.6. The summed E-state index contributed by atoms with van der Waals surface area (Å²) in [6.45, 7) is 10.2. The van der Waals surface area contributed by atoms with Crippen LogP contribution in [0.1, 0.15) is 66.2 Å².